The van der Waals surface area contributed by atoms with Crippen LogP contribution in [0.5, 0.6) is 11.5 Å². The highest BCUT2D eigenvalue weighted by atomic mass is 16.5. The SMILES string of the molecule is NCc1ccc(OCCOc2ccccc2)cc1. The van der Waals surface area contributed by atoms with Crippen molar-refractivity contribution in [2.24, 2.45) is 5.73 Å². The number of ether oxygens (including phenoxy) is 2. The van der Waals surface area contributed by atoms with Crippen LogP contribution in [0.2, 0.25) is 0 Å². The van der Waals surface area contributed by atoms with E-state index in [1.807, 2.05) is 54.6 Å². The summed E-state index contributed by atoms with van der Waals surface area (Å²) in [6.45, 7) is 1.61. The fourth-order valence-electron chi connectivity index (χ4n) is 1.56. The van der Waals surface area contributed by atoms with E-state index in [2.05, 4.69) is 0 Å². The van der Waals surface area contributed by atoms with Crippen molar-refractivity contribution in [3.63, 3.8) is 0 Å². The van der Waals surface area contributed by atoms with E-state index < -0.39 is 0 Å². The van der Waals surface area contributed by atoms with Gasteiger partial charge in [0.25, 0.3) is 0 Å². The van der Waals surface area contributed by atoms with Crippen LogP contribution in [0, 0.1) is 0 Å². The summed E-state index contributed by atoms with van der Waals surface area (Å²) in [6.07, 6.45) is 0. The molecule has 0 unspecified atom stereocenters. The summed E-state index contributed by atoms with van der Waals surface area (Å²) in [5.41, 5.74) is 6.63. The molecule has 94 valence electrons. The van der Waals surface area contributed by atoms with Gasteiger partial charge < -0.3 is 15.2 Å². The summed E-state index contributed by atoms with van der Waals surface area (Å²) in [7, 11) is 0. The van der Waals surface area contributed by atoms with Crippen molar-refractivity contribution in [2.45, 2.75) is 6.54 Å². The van der Waals surface area contributed by atoms with Crippen LogP contribution in [0.15, 0.2) is 54.6 Å². The molecule has 2 N–H and O–H groups in total. The quantitative estimate of drug-likeness (QED) is 0.793. The molecule has 0 saturated heterocycles. The minimum absolute atomic E-state index is 0.525. The molecule has 0 fully saturated rings. The molecular weight excluding hydrogens is 226 g/mol. The lowest BCUT2D eigenvalue weighted by atomic mass is 10.2. The van der Waals surface area contributed by atoms with E-state index in [1.165, 1.54) is 0 Å². The molecular formula is C15H17NO2. The van der Waals surface area contributed by atoms with Crippen LogP contribution in [-0.2, 0) is 6.54 Å². The molecule has 2 aromatic carbocycles. The molecule has 0 bridgehead atoms. The van der Waals surface area contributed by atoms with Crippen molar-refractivity contribution in [1.82, 2.24) is 0 Å². The van der Waals surface area contributed by atoms with E-state index in [4.69, 9.17) is 15.2 Å². The topological polar surface area (TPSA) is 44.5 Å². The Morgan fingerprint density at radius 2 is 1.28 bits per heavy atom. The highest BCUT2D eigenvalue weighted by molar-refractivity contribution is 5.27. The van der Waals surface area contributed by atoms with Gasteiger partial charge in [0.2, 0.25) is 0 Å². The lowest BCUT2D eigenvalue weighted by molar-refractivity contribution is 0.217. The summed E-state index contributed by atoms with van der Waals surface area (Å²) in [6, 6.07) is 17.5. The molecule has 2 aromatic rings. The Bertz CT molecular complexity index is 454. The number of para-hydroxylation sites is 1. The summed E-state index contributed by atoms with van der Waals surface area (Å²) < 4.78 is 11.1. The lowest BCUT2D eigenvalue weighted by Crippen LogP contribution is -2.09. The van der Waals surface area contributed by atoms with Crippen LogP contribution in [0.3, 0.4) is 0 Å². The molecule has 18 heavy (non-hydrogen) atoms. The Morgan fingerprint density at radius 3 is 1.83 bits per heavy atom. The molecule has 0 aliphatic carbocycles. The van der Waals surface area contributed by atoms with Crippen molar-refractivity contribution in [2.75, 3.05) is 13.2 Å². The lowest BCUT2D eigenvalue weighted by Gasteiger charge is -2.08. The van der Waals surface area contributed by atoms with E-state index in [9.17, 15) is 0 Å². The van der Waals surface area contributed by atoms with Crippen molar-refractivity contribution in [3.8, 4) is 11.5 Å². The second-order valence-corrected chi connectivity index (χ2v) is 3.86. The number of rotatable bonds is 6. The summed E-state index contributed by atoms with van der Waals surface area (Å²) in [4.78, 5) is 0. The molecule has 2 rings (SSSR count). The van der Waals surface area contributed by atoms with Gasteiger partial charge >= 0.3 is 0 Å². The fourth-order valence-corrected chi connectivity index (χ4v) is 1.56. The zero-order valence-electron chi connectivity index (χ0n) is 10.2. The van der Waals surface area contributed by atoms with E-state index in [-0.39, 0.29) is 0 Å². The van der Waals surface area contributed by atoms with Crippen LogP contribution < -0.4 is 15.2 Å². The fraction of sp³-hybridized carbons (Fsp3) is 0.200. The first-order chi connectivity index (χ1) is 8.88. The maximum atomic E-state index is 5.56. The first-order valence-corrected chi connectivity index (χ1v) is 5.98. The van der Waals surface area contributed by atoms with Gasteiger partial charge in [-0.3, -0.25) is 0 Å². The Labute approximate surface area is 107 Å². The van der Waals surface area contributed by atoms with Gasteiger partial charge in [-0.05, 0) is 29.8 Å². The molecule has 0 heterocycles. The molecule has 0 saturated carbocycles. The summed E-state index contributed by atoms with van der Waals surface area (Å²) in [5, 5.41) is 0. The average molecular weight is 243 g/mol. The van der Waals surface area contributed by atoms with E-state index in [1.54, 1.807) is 0 Å². The van der Waals surface area contributed by atoms with Gasteiger partial charge in [-0.1, -0.05) is 30.3 Å². The van der Waals surface area contributed by atoms with Crippen LogP contribution in [0.1, 0.15) is 5.56 Å². The van der Waals surface area contributed by atoms with Crippen LogP contribution >= 0.6 is 0 Å². The van der Waals surface area contributed by atoms with Gasteiger partial charge in [-0.25, -0.2) is 0 Å². The zero-order valence-corrected chi connectivity index (χ0v) is 10.2. The number of hydrogen-bond acceptors (Lipinski definition) is 3. The molecule has 3 nitrogen and oxygen atoms in total. The van der Waals surface area contributed by atoms with Crippen molar-refractivity contribution >= 4 is 0 Å². The van der Waals surface area contributed by atoms with E-state index in [0.29, 0.717) is 19.8 Å². The van der Waals surface area contributed by atoms with Crippen molar-refractivity contribution in [1.29, 1.82) is 0 Å². The van der Waals surface area contributed by atoms with Crippen molar-refractivity contribution < 1.29 is 9.47 Å². The second-order valence-electron chi connectivity index (χ2n) is 3.86. The molecule has 0 radical (unpaired) electrons. The van der Waals surface area contributed by atoms with Gasteiger partial charge in [-0.15, -0.1) is 0 Å². The van der Waals surface area contributed by atoms with Gasteiger partial charge in [0.1, 0.15) is 24.7 Å². The Hall–Kier alpha value is -2.00. The van der Waals surface area contributed by atoms with Gasteiger partial charge in [0, 0.05) is 6.54 Å². The van der Waals surface area contributed by atoms with Crippen LogP contribution in [-0.4, -0.2) is 13.2 Å². The molecule has 0 atom stereocenters. The molecule has 0 aliphatic heterocycles. The molecule has 0 aliphatic rings. The molecule has 3 heteroatoms. The number of nitrogens with two attached hydrogens (primary N) is 1. The monoisotopic (exact) mass is 243 g/mol. The van der Waals surface area contributed by atoms with Crippen molar-refractivity contribution in [3.05, 3.63) is 60.2 Å². The summed E-state index contributed by atoms with van der Waals surface area (Å²) >= 11 is 0. The third-order valence-electron chi connectivity index (χ3n) is 2.52. The van der Waals surface area contributed by atoms with E-state index in [0.717, 1.165) is 17.1 Å². The summed E-state index contributed by atoms with van der Waals surface area (Å²) in [5.74, 6) is 1.70. The zero-order chi connectivity index (χ0) is 12.6. The largest absolute Gasteiger partial charge is 0.490 e. The second kappa shape index (κ2) is 6.67. The Balaban J connectivity index is 1.72. The third-order valence-corrected chi connectivity index (χ3v) is 2.52. The first kappa shape index (κ1) is 12.5. The Kier molecular flexibility index (Phi) is 4.61. The molecule has 0 amide bonds. The van der Waals surface area contributed by atoms with Crippen LogP contribution in [0.25, 0.3) is 0 Å². The number of hydrogen-bond donors (Lipinski definition) is 1. The predicted molar refractivity (Wildman–Crippen MR) is 71.8 cm³/mol. The van der Waals surface area contributed by atoms with Gasteiger partial charge in [0.05, 0.1) is 0 Å². The Morgan fingerprint density at radius 1 is 0.722 bits per heavy atom. The highest BCUT2D eigenvalue weighted by Crippen LogP contribution is 2.12. The third kappa shape index (κ3) is 3.79. The van der Waals surface area contributed by atoms with Crippen LogP contribution in [0.4, 0.5) is 0 Å². The normalized spacial score (nSPS) is 10.1. The van der Waals surface area contributed by atoms with Gasteiger partial charge in [-0.2, -0.15) is 0 Å². The van der Waals surface area contributed by atoms with Gasteiger partial charge in [0.15, 0.2) is 0 Å². The number of benzene rings is 2. The predicted octanol–water partition coefficient (Wildman–Crippen LogP) is 2.60. The minimum atomic E-state index is 0.525. The van der Waals surface area contributed by atoms with E-state index >= 15 is 0 Å². The highest BCUT2D eigenvalue weighted by Gasteiger charge is 1.95. The minimum Gasteiger partial charge on any atom is -0.490 e. The first-order valence-electron chi connectivity index (χ1n) is 5.98. The molecule has 0 spiro atoms. The maximum Gasteiger partial charge on any atom is 0.122 e. The maximum absolute atomic E-state index is 5.56. The smallest absolute Gasteiger partial charge is 0.122 e. The molecule has 0 aromatic heterocycles. The average Bonchev–Trinajstić information content (AvgIpc) is 2.45. The standard InChI is InChI=1S/C15H17NO2/c16-12-13-6-8-15(9-7-13)18-11-10-17-14-4-2-1-3-5-14/h1-9H,10-12,16H2.